The van der Waals surface area contributed by atoms with Crippen molar-refractivity contribution in [3.05, 3.63) is 251 Å². The van der Waals surface area contributed by atoms with Gasteiger partial charge < -0.3 is 0 Å². The van der Waals surface area contributed by atoms with Gasteiger partial charge in [-0.2, -0.15) is 0 Å². The Bertz CT molecular complexity index is 2800. The first-order valence-corrected chi connectivity index (χ1v) is 20.0. The molecule has 1 fully saturated rings. The Morgan fingerprint density at radius 1 is 0.298 bits per heavy atom. The molecule has 0 radical (unpaired) electrons. The van der Waals surface area contributed by atoms with Gasteiger partial charge in [-0.3, -0.25) is 16.0 Å². The Labute approximate surface area is 333 Å². The second-order valence-electron chi connectivity index (χ2n) is 15.3. The largest absolute Gasteiger partial charge is 0.279 e. The molecule has 3 nitrogen and oxygen atoms in total. The molecule has 2 aliphatic rings. The number of benzene rings is 9. The lowest BCUT2D eigenvalue weighted by Gasteiger charge is -2.41. The van der Waals surface area contributed by atoms with E-state index in [0.29, 0.717) is 0 Å². The Balaban J connectivity index is 1.24. The molecule has 3 heteroatoms. The van der Waals surface area contributed by atoms with Gasteiger partial charge in [0.25, 0.3) is 0 Å². The summed E-state index contributed by atoms with van der Waals surface area (Å²) in [6.07, 6.45) is -0.426. The van der Waals surface area contributed by atoms with Crippen LogP contribution in [0.3, 0.4) is 0 Å². The molecule has 1 heterocycles. The second kappa shape index (κ2) is 13.8. The molecule has 9 aromatic rings. The lowest BCUT2D eigenvalue weighted by molar-refractivity contribution is 0.204. The van der Waals surface area contributed by atoms with Crippen LogP contribution in [-0.4, -0.2) is 0 Å². The van der Waals surface area contributed by atoms with Gasteiger partial charge in [-0.25, -0.2) is 0 Å². The number of rotatable bonds is 6. The number of nitrogens with one attached hydrogen (secondary N) is 3. The predicted molar refractivity (Wildman–Crippen MR) is 235 cm³/mol. The summed E-state index contributed by atoms with van der Waals surface area (Å²) < 4.78 is 0. The standard InChI is InChI=1S/C54H41N3/c1-5-20-36(21-6-1)51-55-52(37-22-7-2-8-23-37)57-53(56-51)50-43-31-16-14-29-41(43)40-28-13-15-30-42(40)49(50)45-33-19-35-47-48(45)44-32-17-18-34-46(44)54(47,38-24-9-3-10-25-38)39-26-11-4-12-27-39/h1-35,51-53,55-57H. The van der Waals surface area contributed by atoms with E-state index in [2.05, 4.69) is 228 Å². The van der Waals surface area contributed by atoms with Crippen LogP contribution >= 0.6 is 0 Å². The minimum Gasteiger partial charge on any atom is -0.279 e. The third kappa shape index (κ3) is 5.32. The topological polar surface area (TPSA) is 36.1 Å². The first kappa shape index (κ1) is 33.7. The summed E-state index contributed by atoms with van der Waals surface area (Å²) in [7, 11) is 0. The van der Waals surface area contributed by atoms with Crippen LogP contribution in [0.2, 0.25) is 0 Å². The number of hydrogen-bond donors (Lipinski definition) is 3. The molecule has 0 saturated carbocycles. The molecule has 0 aromatic heterocycles. The summed E-state index contributed by atoms with van der Waals surface area (Å²) in [5.41, 5.74) is 13.3. The minimum atomic E-state index is -0.501. The van der Waals surface area contributed by atoms with E-state index in [1.807, 2.05) is 0 Å². The van der Waals surface area contributed by atoms with E-state index >= 15 is 0 Å². The van der Waals surface area contributed by atoms with Crippen LogP contribution in [0, 0.1) is 0 Å². The zero-order chi connectivity index (χ0) is 37.8. The fraction of sp³-hybridized carbons (Fsp3) is 0.0741. The van der Waals surface area contributed by atoms with Gasteiger partial charge in [0, 0.05) is 0 Å². The van der Waals surface area contributed by atoms with E-state index in [9.17, 15) is 0 Å². The fourth-order valence-electron chi connectivity index (χ4n) is 9.95. The van der Waals surface area contributed by atoms with Crippen LogP contribution < -0.4 is 16.0 Å². The van der Waals surface area contributed by atoms with Crippen molar-refractivity contribution < 1.29 is 0 Å². The summed E-state index contributed by atoms with van der Waals surface area (Å²) in [4.78, 5) is 0. The summed E-state index contributed by atoms with van der Waals surface area (Å²) in [6.45, 7) is 0. The molecule has 2 atom stereocenters. The molecule has 3 N–H and O–H groups in total. The maximum absolute atomic E-state index is 4.09. The third-order valence-electron chi connectivity index (χ3n) is 12.3. The highest BCUT2D eigenvalue weighted by molar-refractivity contribution is 6.17. The van der Waals surface area contributed by atoms with Crippen molar-refractivity contribution in [2.24, 2.45) is 0 Å². The molecule has 1 saturated heterocycles. The molecule has 0 spiro atoms. The second-order valence-corrected chi connectivity index (χ2v) is 15.3. The van der Waals surface area contributed by atoms with E-state index < -0.39 is 5.41 Å². The molecule has 11 rings (SSSR count). The van der Waals surface area contributed by atoms with E-state index in [0.717, 1.165) is 0 Å². The first-order chi connectivity index (χ1) is 28.3. The van der Waals surface area contributed by atoms with Crippen molar-refractivity contribution in [3.63, 3.8) is 0 Å². The van der Waals surface area contributed by atoms with Crippen molar-refractivity contribution >= 4 is 21.5 Å². The van der Waals surface area contributed by atoms with Crippen LogP contribution in [0.4, 0.5) is 0 Å². The summed E-state index contributed by atoms with van der Waals surface area (Å²) in [5, 5.41) is 17.1. The first-order valence-electron chi connectivity index (χ1n) is 20.0. The average Bonchev–Trinajstić information content (AvgIpc) is 3.61. The lowest BCUT2D eigenvalue weighted by atomic mass is 9.67. The van der Waals surface area contributed by atoms with Crippen molar-refractivity contribution in [2.75, 3.05) is 0 Å². The normalized spacial score (nSPS) is 18.3. The van der Waals surface area contributed by atoms with Crippen LogP contribution in [0.25, 0.3) is 43.8 Å². The van der Waals surface area contributed by atoms with Gasteiger partial charge in [0.1, 0.15) is 0 Å². The van der Waals surface area contributed by atoms with E-state index in [1.54, 1.807) is 0 Å². The van der Waals surface area contributed by atoms with Gasteiger partial charge in [-0.05, 0) is 82.7 Å². The lowest BCUT2D eigenvalue weighted by Crippen LogP contribution is -2.54. The highest BCUT2D eigenvalue weighted by Gasteiger charge is 2.47. The van der Waals surface area contributed by atoms with Gasteiger partial charge in [0.05, 0.1) is 23.9 Å². The third-order valence-corrected chi connectivity index (χ3v) is 12.3. The maximum atomic E-state index is 4.09. The Hall–Kier alpha value is -6.62. The number of fused-ring (bicyclic) bond motifs is 6. The quantitative estimate of drug-likeness (QED) is 0.149. The van der Waals surface area contributed by atoms with Crippen molar-refractivity contribution in [1.82, 2.24) is 16.0 Å². The predicted octanol–water partition coefficient (Wildman–Crippen LogP) is 12.2. The molecular formula is C54H41N3. The van der Waals surface area contributed by atoms with Gasteiger partial charge in [0.2, 0.25) is 0 Å². The van der Waals surface area contributed by atoms with Crippen LogP contribution in [0.5, 0.6) is 0 Å². The molecular weight excluding hydrogens is 691 g/mol. The summed E-state index contributed by atoms with van der Waals surface area (Å²) in [6, 6.07) is 77.8. The highest BCUT2D eigenvalue weighted by Crippen LogP contribution is 2.59. The van der Waals surface area contributed by atoms with Crippen molar-refractivity contribution in [3.8, 4) is 22.3 Å². The SMILES string of the molecule is c1ccc(C2NC(c3ccccc3)NC(c3c(-c4cccc5c4-c4ccccc4C5(c4ccccc4)c4ccccc4)c4ccccc4c4ccccc34)N2)cc1. The Kier molecular flexibility index (Phi) is 8.18. The van der Waals surface area contributed by atoms with Crippen molar-refractivity contribution in [2.45, 2.75) is 23.9 Å². The summed E-state index contributed by atoms with van der Waals surface area (Å²) >= 11 is 0. The maximum Gasteiger partial charge on any atom is 0.0876 e. The fourth-order valence-corrected chi connectivity index (χ4v) is 9.95. The molecule has 9 aromatic carbocycles. The minimum absolute atomic E-state index is 0.105. The van der Waals surface area contributed by atoms with Crippen LogP contribution in [-0.2, 0) is 5.41 Å². The van der Waals surface area contributed by atoms with Gasteiger partial charge in [0.15, 0.2) is 0 Å². The molecule has 0 bridgehead atoms. The molecule has 2 unspecified atom stereocenters. The van der Waals surface area contributed by atoms with Crippen LogP contribution in [0.1, 0.15) is 57.4 Å². The average molecular weight is 732 g/mol. The zero-order valence-electron chi connectivity index (χ0n) is 31.4. The van der Waals surface area contributed by atoms with Gasteiger partial charge in [-0.15, -0.1) is 0 Å². The zero-order valence-corrected chi connectivity index (χ0v) is 31.4. The smallest absolute Gasteiger partial charge is 0.0876 e. The van der Waals surface area contributed by atoms with E-state index in [4.69, 9.17) is 0 Å². The summed E-state index contributed by atoms with van der Waals surface area (Å²) in [5.74, 6) is 0. The van der Waals surface area contributed by atoms with Crippen molar-refractivity contribution in [1.29, 1.82) is 0 Å². The molecule has 1 aliphatic carbocycles. The Morgan fingerprint density at radius 3 is 1.32 bits per heavy atom. The molecule has 0 amide bonds. The Morgan fingerprint density at radius 2 is 0.719 bits per heavy atom. The van der Waals surface area contributed by atoms with Crippen LogP contribution in [0.15, 0.2) is 212 Å². The molecule has 57 heavy (non-hydrogen) atoms. The van der Waals surface area contributed by atoms with E-state index in [1.165, 1.54) is 82.7 Å². The molecule has 272 valence electrons. The monoisotopic (exact) mass is 731 g/mol. The highest BCUT2D eigenvalue weighted by atomic mass is 15.4. The number of hydrogen-bond acceptors (Lipinski definition) is 3. The van der Waals surface area contributed by atoms with Gasteiger partial charge >= 0.3 is 0 Å². The van der Waals surface area contributed by atoms with E-state index in [-0.39, 0.29) is 18.5 Å². The van der Waals surface area contributed by atoms with Gasteiger partial charge in [-0.1, -0.05) is 212 Å². The molecule has 1 aliphatic heterocycles.